The third-order valence-electron chi connectivity index (χ3n) is 7.26. The van der Waals surface area contributed by atoms with Gasteiger partial charge >= 0.3 is 6.09 Å². The summed E-state index contributed by atoms with van der Waals surface area (Å²) in [6.07, 6.45) is -1.20. The number of hydrogen-bond donors (Lipinski definition) is 2. The van der Waals surface area contributed by atoms with E-state index in [-0.39, 0.29) is 37.5 Å². The second-order valence-electron chi connectivity index (χ2n) is 12.2. The number of hydrogen-bond acceptors (Lipinski definition) is 8. The molecule has 1 unspecified atom stereocenters. The van der Waals surface area contributed by atoms with Crippen LogP contribution in [0.4, 0.5) is 4.79 Å². The second kappa shape index (κ2) is 15.8. The summed E-state index contributed by atoms with van der Waals surface area (Å²) in [5.41, 5.74) is 0.181. The first kappa shape index (κ1) is 34.7. The van der Waals surface area contributed by atoms with E-state index in [0.29, 0.717) is 42.3 Å². The predicted octanol–water partition coefficient (Wildman–Crippen LogP) is 4.05. The number of carbonyl (C=O) groups excluding carboxylic acids is 3. The molecule has 1 heterocycles. The zero-order valence-corrected chi connectivity index (χ0v) is 26.9. The maximum Gasteiger partial charge on any atom is 0.410 e. The topological polar surface area (TPSA) is 127 Å². The SMILES string of the molecule is COCCCOc1cc(C(=O)N(C[C@@H]2CN(C(=O)OC(C)(C)C)C[C@@H]2NC(=O)C(O)c2ccccc2)C(C)C)ccc1OC. The summed E-state index contributed by atoms with van der Waals surface area (Å²) in [5.74, 6) is -0.169. The molecule has 0 aliphatic carbocycles. The predicted molar refractivity (Wildman–Crippen MR) is 166 cm³/mol. The fourth-order valence-corrected chi connectivity index (χ4v) is 5.00. The fraction of sp³-hybridized carbons (Fsp3) is 0.545. The van der Waals surface area contributed by atoms with Crippen molar-refractivity contribution >= 4 is 17.9 Å². The fourth-order valence-electron chi connectivity index (χ4n) is 5.00. The molecule has 11 heteroatoms. The van der Waals surface area contributed by atoms with E-state index in [1.165, 1.54) is 4.90 Å². The lowest BCUT2D eigenvalue weighted by atomic mass is 10.0. The molecule has 11 nitrogen and oxygen atoms in total. The van der Waals surface area contributed by atoms with Gasteiger partial charge in [0, 0.05) is 57.3 Å². The number of amides is 3. The highest BCUT2D eigenvalue weighted by molar-refractivity contribution is 5.95. The minimum absolute atomic E-state index is 0.176. The van der Waals surface area contributed by atoms with Crippen LogP contribution in [0.3, 0.4) is 0 Å². The normalized spacial score (nSPS) is 17.2. The summed E-state index contributed by atoms with van der Waals surface area (Å²) >= 11 is 0. The van der Waals surface area contributed by atoms with Crippen molar-refractivity contribution in [2.45, 2.75) is 64.8 Å². The highest BCUT2D eigenvalue weighted by atomic mass is 16.6. The number of aliphatic hydroxyl groups excluding tert-OH is 1. The Morgan fingerprint density at radius 2 is 1.73 bits per heavy atom. The van der Waals surface area contributed by atoms with Gasteiger partial charge in [-0.2, -0.15) is 0 Å². The van der Waals surface area contributed by atoms with Gasteiger partial charge in [0.25, 0.3) is 11.8 Å². The van der Waals surface area contributed by atoms with Crippen LogP contribution in [0, 0.1) is 5.92 Å². The van der Waals surface area contributed by atoms with Crippen LogP contribution in [0.25, 0.3) is 0 Å². The van der Waals surface area contributed by atoms with Crippen LogP contribution in [-0.2, 0) is 14.3 Å². The van der Waals surface area contributed by atoms with E-state index < -0.39 is 29.7 Å². The zero-order valence-electron chi connectivity index (χ0n) is 26.9. The first-order chi connectivity index (χ1) is 20.8. The van der Waals surface area contributed by atoms with Gasteiger partial charge in [-0.05, 0) is 58.4 Å². The van der Waals surface area contributed by atoms with E-state index in [1.807, 2.05) is 13.8 Å². The monoisotopic (exact) mass is 613 g/mol. The second-order valence-corrected chi connectivity index (χ2v) is 12.2. The van der Waals surface area contributed by atoms with E-state index >= 15 is 0 Å². The summed E-state index contributed by atoms with van der Waals surface area (Å²) in [6, 6.07) is 13.0. The van der Waals surface area contributed by atoms with Gasteiger partial charge in [0.1, 0.15) is 5.60 Å². The summed E-state index contributed by atoms with van der Waals surface area (Å²) < 4.78 is 22.0. The number of benzene rings is 2. The summed E-state index contributed by atoms with van der Waals surface area (Å²) in [5, 5.41) is 13.7. The van der Waals surface area contributed by atoms with Crippen LogP contribution in [0.15, 0.2) is 48.5 Å². The van der Waals surface area contributed by atoms with Gasteiger partial charge in [0.2, 0.25) is 0 Å². The summed E-state index contributed by atoms with van der Waals surface area (Å²) in [7, 11) is 3.16. The van der Waals surface area contributed by atoms with Crippen LogP contribution in [-0.4, -0.2) is 97.6 Å². The Hall–Kier alpha value is -3.83. The lowest BCUT2D eigenvalue weighted by molar-refractivity contribution is -0.130. The van der Waals surface area contributed by atoms with Crippen molar-refractivity contribution in [3.05, 3.63) is 59.7 Å². The molecule has 0 bridgehead atoms. The van der Waals surface area contributed by atoms with Crippen LogP contribution in [0.1, 0.15) is 63.1 Å². The molecule has 0 saturated carbocycles. The average Bonchev–Trinajstić information content (AvgIpc) is 3.39. The molecule has 44 heavy (non-hydrogen) atoms. The molecule has 0 aromatic heterocycles. The minimum atomic E-state index is -1.38. The van der Waals surface area contributed by atoms with Crippen LogP contribution in [0.5, 0.6) is 11.5 Å². The van der Waals surface area contributed by atoms with Gasteiger partial charge < -0.3 is 39.2 Å². The summed E-state index contributed by atoms with van der Waals surface area (Å²) in [4.78, 5) is 43.3. The van der Waals surface area contributed by atoms with Crippen molar-refractivity contribution in [2.75, 3.05) is 47.1 Å². The van der Waals surface area contributed by atoms with E-state index in [0.717, 1.165) is 0 Å². The molecule has 3 atom stereocenters. The smallest absolute Gasteiger partial charge is 0.410 e. The van der Waals surface area contributed by atoms with Crippen molar-refractivity contribution in [3.8, 4) is 11.5 Å². The molecule has 3 amide bonds. The number of nitrogens with zero attached hydrogens (tertiary/aromatic N) is 2. The first-order valence-corrected chi connectivity index (χ1v) is 15.0. The first-order valence-electron chi connectivity index (χ1n) is 15.0. The van der Waals surface area contributed by atoms with E-state index in [9.17, 15) is 19.5 Å². The molecule has 0 radical (unpaired) electrons. The average molecular weight is 614 g/mol. The molecule has 1 aliphatic rings. The quantitative estimate of drug-likeness (QED) is 0.324. The number of nitrogens with one attached hydrogen (secondary N) is 1. The van der Waals surface area contributed by atoms with Crippen LogP contribution in [0.2, 0.25) is 0 Å². The minimum Gasteiger partial charge on any atom is -0.493 e. The zero-order chi connectivity index (χ0) is 32.4. The molecule has 1 saturated heterocycles. The van der Waals surface area contributed by atoms with E-state index in [1.54, 1.807) is 88.4 Å². The van der Waals surface area contributed by atoms with Crippen molar-refractivity contribution < 1.29 is 38.4 Å². The molecule has 3 rings (SSSR count). The number of aliphatic hydroxyl groups is 1. The Bertz CT molecular complexity index is 1250. The number of likely N-dealkylation sites (tertiary alicyclic amines) is 1. The molecule has 242 valence electrons. The summed E-state index contributed by atoms with van der Waals surface area (Å²) in [6.45, 7) is 10.8. The molecule has 0 spiro atoms. The van der Waals surface area contributed by atoms with E-state index in [2.05, 4.69) is 5.32 Å². The Labute approximate surface area is 260 Å². The molecular weight excluding hydrogens is 566 g/mol. The number of rotatable bonds is 13. The van der Waals surface area contributed by atoms with Gasteiger partial charge in [0.15, 0.2) is 17.6 Å². The van der Waals surface area contributed by atoms with Gasteiger partial charge in [-0.25, -0.2) is 4.79 Å². The molecule has 2 N–H and O–H groups in total. The Morgan fingerprint density at radius 3 is 2.34 bits per heavy atom. The van der Waals surface area contributed by atoms with Gasteiger partial charge in [-0.15, -0.1) is 0 Å². The number of methoxy groups -OCH3 is 2. The van der Waals surface area contributed by atoms with Gasteiger partial charge in [-0.3, -0.25) is 9.59 Å². The van der Waals surface area contributed by atoms with Crippen molar-refractivity contribution in [1.29, 1.82) is 0 Å². The molecule has 1 fully saturated rings. The highest BCUT2D eigenvalue weighted by Gasteiger charge is 2.40. The number of carbonyl (C=O) groups is 3. The Kier molecular flexibility index (Phi) is 12.4. The maximum absolute atomic E-state index is 13.9. The number of ether oxygens (including phenoxy) is 4. The largest absolute Gasteiger partial charge is 0.493 e. The standard InChI is InChI=1S/C33H47N3O8/c1-22(2)36(31(39)24-14-15-27(42-7)28(18-24)43-17-11-16-41-6)20-25-19-35(32(40)44-33(3,4)5)21-26(25)34-30(38)29(37)23-12-9-8-10-13-23/h8-10,12-15,18,22,25-26,29,37H,11,16-17,19-21H2,1-7H3,(H,34,38)/t25-,26-,29?/m0/s1. The third-order valence-corrected chi connectivity index (χ3v) is 7.26. The Morgan fingerprint density at radius 1 is 1.02 bits per heavy atom. The third kappa shape index (κ3) is 9.59. The maximum atomic E-state index is 13.9. The lowest BCUT2D eigenvalue weighted by Gasteiger charge is -2.32. The van der Waals surface area contributed by atoms with Crippen LogP contribution >= 0.6 is 0 Å². The van der Waals surface area contributed by atoms with E-state index in [4.69, 9.17) is 18.9 Å². The highest BCUT2D eigenvalue weighted by Crippen LogP contribution is 2.30. The van der Waals surface area contributed by atoms with Gasteiger partial charge in [0.05, 0.1) is 19.8 Å². The molecule has 2 aromatic carbocycles. The van der Waals surface area contributed by atoms with Crippen LogP contribution < -0.4 is 14.8 Å². The van der Waals surface area contributed by atoms with Gasteiger partial charge in [-0.1, -0.05) is 30.3 Å². The van der Waals surface area contributed by atoms with Crippen molar-refractivity contribution in [2.24, 2.45) is 5.92 Å². The molecule has 1 aliphatic heterocycles. The van der Waals surface area contributed by atoms with Crippen molar-refractivity contribution in [1.82, 2.24) is 15.1 Å². The lowest BCUT2D eigenvalue weighted by Crippen LogP contribution is -2.48. The molecular formula is C33H47N3O8. The molecule has 2 aromatic rings. The van der Waals surface area contributed by atoms with Crippen molar-refractivity contribution in [3.63, 3.8) is 0 Å². The Balaban J connectivity index is 1.83.